The van der Waals surface area contributed by atoms with Gasteiger partial charge in [0.05, 0.1) is 12.2 Å². The van der Waals surface area contributed by atoms with Crippen LogP contribution in [0.5, 0.6) is 11.5 Å². The van der Waals surface area contributed by atoms with E-state index in [0.717, 1.165) is 10.0 Å². The molecule has 3 aromatic rings. The number of rotatable bonds is 5. The van der Waals surface area contributed by atoms with Gasteiger partial charge in [0, 0.05) is 16.6 Å². The molecular weight excluding hydrogens is 518 g/mol. The molecule has 1 atom stereocenters. The number of para-hydroxylation sites is 1. The third-order valence-corrected chi connectivity index (χ3v) is 7.02. The predicted molar refractivity (Wildman–Crippen MR) is 135 cm³/mol. The second-order valence-corrected chi connectivity index (χ2v) is 9.79. The normalized spacial score (nSPS) is 18.3. The minimum atomic E-state index is -0.591. The van der Waals surface area contributed by atoms with Crippen molar-refractivity contribution in [2.75, 3.05) is 12.1 Å². The molecule has 172 valence electrons. The number of hydrogen-bond donors (Lipinski definition) is 1. The van der Waals surface area contributed by atoms with Crippen molar-refractivity contribution in [1.29, 1.82) is 0 Å². The van der Waals surface area contributed by atoms with Crippen LogP contribution < -0.4 is 14.8 Å². The zero-order chi connectivity index (χ0) is 23.5. The maximum atomic E-state index is 13.2. The predicted octanol–water partition coefficient (Wildman–Crippen LogP) is 5.34. The second kappa shape index (κ2) is 9.90. The molecular formula is C25H20BrN3O4S. The van der Waals surface area contributed by atoms with Crippen LogP contribution in [0.15, 0.2) is 82.3 Å². The fourth-order valence-electron chi connectivity index (χ4n) is 3.59. The van der Waals surface area contributed by atoms with Gasteiger partial charge in [0.25, 0.3) is 0 Å². The maximum absolute atomic E-state index is 13.2. The van der Waals surface area contributed by atoms with Crippen molar-refractivity contribution < 1.29 is 19.1 Å². The van der Waals surface area contributed by atoms with E-state index in [2.05, 4.69) is 21.2 Å². The second-order valence-electron chi connectivity index (χ2n) is 7.70. The van der Waals surface area contributed by atoms with Crippen molar-refractivity contribution in [2.24, 2.45) is 4.99 Å². The number of halogens is 1. The summed E-state index contributed by atoms with van der Waals surface area (Å²) in [6.45, 7) is 0.502. The summed E-state index contributed by atoms with van der Waals surface area (Å²) in [6.07, 6.45) is 0.0748. The van der Waals surface area contributed by atoms with E-state index in [-0.39, 0.29) is 25.0 Å². The smallest absolute Gasteiger partial charge is 0.238 e. The summed E-state index contributed by atoms with van der Waals surface area (Å²) in [7, 11) is 0. The van der Waals surface area contributed by atoms with E-state index < -0.39 is 5.25 Å². The van der Waals surface area contributed by atoms with Crippen molar-refractivity contribution in [2.45, 2.75) is 18.2 Å². The van der Waals surface area contributed by atoms with Crippen LogP contribution in [-0.4, -0.2) is 33.9 Å². The Morgan fingerprint density at radius 3 is 2.62 bits per heavy atom. The molecule has 0 spiro atoms. The van der Waals surface area contributed by atoms with E-state index in [0.29, 0.717) is 34.6 Å². The van der Waals surface area contributed by atoms with Crippen LogP contribution in [0.1, 0.15) is 12.0 Å². The largest absolute Gasteiger partial charge is 0.454 e. The highest BCUT2D eigenvalue weighted by Gasteiger charge is 2.36. The zero-order valence-electron chi connectivity index (χ0n) is 17.9. The number of ether oxygens (including phenoxy) is 2. The van der Waals surface area contributed by atoms with Gasteiger partial charge in [-0.05, 0) is 54.1 Å². The number of carbonyl (C=O) groups excluding carboxylic acids is 2. The highest BCUT2D eigenvalue weighted by Crippen LogP contribution is 2.35. The summed E-state index contributed by atoms with van der Waals surface area (Å²) in [5.74, 6) is 0.945. The van der Waals surface area contributed by atoms with Crippen LogP contribution in [0, 0.1) is 0 Å². The molecule has 0 bridgehead atoms. The van der Waals surface area contributed by atoms with Gasteiger partial charge < -0.3 is 14.8 Å². The number of nitrogens with one attached hydrogen (secondary N) is 1. The maximum Gasteiger partial charge on any atom is 0.238 e. The number of benzene rings is 3. The molecule has 0 radical (unpaired) electrons. The Bertz CT molecular complexity index is 1250. The number of amides is 2. The quantitative estimate of drug-likeness (QED) is 0.475. The van der Waals surface area contributed by atoms with Gasteiger partial charge in [-0.25, -0.2) is 4.99 Å². The Labute approximate surface area is 209 Å². The molecule has 0 saturated carbocycles. The average Bonchev–Trinajstić information content (AvgIpc) is 3.31. The Hall–Kier alpha value is -3.30. The molecule has 3 aromatic carbocycles. The number of hydrogen-bond acceptors (Lipinski definition) is 6. The molecule has 1 N–H and O–H groups in total. The Balaban J connectivity index is 1.39. The molecule has 9 heteroatoms. The van der Waals surface area contributed by atoms with Gasteiger partial charge in [-0.2, -0.15) is 0 Å². The van der Waals surface area contributed by atoms with Crippen LogP contribution in [0.4, 0.5) is 11.4 Å². The van der Waals surface area contributed by atoms with E-state index in [1.165, 1.54) is 11.8 Å². The van der Waals surface area contributed by atoms with Crippen molar-refractivity contribution in [1.82, 2.24) is 4.90 Å². The molecule has 7 nitrogen and oxygen atoms in total. The molecule has 34 heavy (non-hydrogen) atoms. The summed E-state index contributed by atoms with van der Waals surface area (Å²) in [5, 5.41) is 2.79. The highest BCUT2D eigenvalue weighted by atomic mass is 79.9. The number of carbonyl (C=O) groups is 2. The molecule has 1 unspecified atom stereocenters. The van der Waals surface area contributed by atoms with Gasteiger partial charge in [0.2, 0.25) is 18.6 Å². The number of thioether (sulfide) groups is 1. The lowest BCUT2D eigenvalue weighted by Crippen LogP contribution is -2.44. The van der Waals surface area contributed by atoms with Crippen molar-refractivity contribution in [3.05, 3.63) is 82.8 Å². The number of fused-ring (bicyclic) bond motifs is 1. The molecule has 0 aliphatic carbocycles. The fourth-order valence-corrected chi connectivity index (χ4v) is 4.95. The minimum Gasteiger partial charge on any atom is -0.454 e. The average molecular weight is 538 g/mol. The topological polar surface area (TPSA) is 80.2 Å². The molecule has 2 heterocycles. The van der Waals surface area contributed by atoms with Gasteiger partial charge in [0.1, 0.15) is 5.25 Å². The van der Waals surface area contributed by atoms with Crippen LogP contribution in [0.3, 0.4) is 0 Å². The summed E-state index contributed by atoms with van der Waals surface area (Å²) in [5.41, 5.74) is 2.27. The van der Waals surface area contributed by atoms with Crippen LogP contribution in [0.2, 0.25) is 0 Å². The summed E-state index contributed by atoms with van der Waals surface area (Å²) in [6, 6.07) is 22.3. The first-order valence-electron chi connectivity index (χ1n) is 10.6. The molecule has 2 amide bonds. The summed E-state index contributed by atoms with van der Waals surface area (Å²) in [4.78, 5) is 32.6. The minimum absolute atomic E-state index is 0.0748. The van der Waals surface area contributed by atoms with E-state index in [1.807, 2.05) is 72.8 Å². The molecule has 5 rings (SSSR count). The molecule has 2 aliphatic rings. The highest BCUT2D eigenvalue weighted by molar-refractivity contribution is 9.10. The lowest BCUT2D eigenvalue weighted by atomic mass is 10.1. The van der Waals surface area contributed by atoms with E-state index >= 15 is 0 Å². The number of nitrogens with zero attached hydrogens (tertiary/aromatic N) is 2. The third-order valence-electron chi connectivity index (χ3n) is 5.30. The Morgan fingerprint density at radius 2 is 1.82 bits per heavy atom. The van der Waals surface area contributed by atoms with E-state index in [9.17, 15) is 9.59 Å². The molecule has 1 fully saturated rings. The zero-order valence-corrected chi connectivity index (χ0v) is 20.3. The molecule has 2 aliphatic heterocycles. The number of anilines is 1. The van der Waals surface area contributed by atoms with Gasteiger partial charge in [-0.1, -0.05) is 52.0 Å². The standard InChI is InChI=1S/C25H20BrN3O4S/c26-17-7-9-19(10-8-17)27-24(31)22-13-23(30)29(25(34-22)28-18-4-2-1-3-5-18)14-16-6-11-20-21(12-16)33-15-32-20/h1-12,22H,13-15H2,(H,27,31). The van der Waals surface area contributed by atoms with Crippen molar-refractivity contribution in [3.8, 4) is 11.5 Å². The van der Waals surface area contributed by atoms with E-state index in [1.54, 1.807) is 4.90 Å². The van der Waals surface area contributed by atoms with Crippen molar-refractivity contribution in [3.63, 3.8) is 0 Å². The summed E-state index contributed by atoms with van der Waals surface area (Å²) >= 11 is 4.68. The first-order valence-corrected chi connectivity index (χ1v) is 12.3. The van der Waals surface area contributed by atoms with Gasteiger partial charge in [-0.3, -0.25) is 14.5 Å². The first-order chi connectivity index (χ1) is 16.5. The summed E-state index contributed by atoms with van der Waals surface area (Å²) < 4.78 is 11.8. The number of amidine groups is 1. The first kappa shape index (κ1) is 22.5. The lowest BCUT2D eigenvalue weighted by molar-refractivity contribution is -0.129. The third kappa shape index (κ3) is 5.10. The van der Waals surface area contributed by atoms with Crippen molar-refractivity contribution >= 4 is 56.0 Å². The lowest BCUT2D eigenvalue weighted by Gasteiger charge is -2.32. The fraction of sp³-hybridized carbons (Fsp3) is 0.160. The monoisotopic (exact) mass is 537 g/mol. The number of aliphatic imine (C=N–C) groups is 1. The Kier molecular flexibility index (Phi) is 6.55. The van der Waals surface area contributed by atoms with E-state index in [4.69, 9.17) is 14.5 Å². The van der Waals surface area contributed by atoms with Gasteiger partial charge in [0.15, 0.2) is 16.7 Å². The van der Waals surface area contributed by atoms with Crippen LogP contribution >= 0.6 is 27.7 Å². The van der Waals surface area contributed by atoms with Gasteiger partial charge >= 0.3 is 0 Å². The molecule has 1 saturated heterocycles. The SMILES string of the molecule is O=C(Nc1ccc(Br)cc1)C1CC(=O)N(Cc2ccc3c(c2)OCO3)C(=Nc2ccccc2)S1. The molecule has 0 aromatic heterocycles. The van der Waals surface area contributed by atoms with Gasteiger partial charge in [-0.15, -0.1) is 0 Å². The van der Waals surface area contributed by atoms with Crippen LogP contribution in [-0.2, 0) is 16.1 Å². The van der Waals surface area contributed by atoms with Crippen LogP contribution in [0.25, 0.3) is 0 Å². The Morgan fingerprint density at radius 1 is 1.06 bits per heavy atom.